The van der Waals surface area contributed by atoms with Gasteiger partial charge in [-0.3, -0.25) is 0 Å². The van der Waals surface area contributed by atoms with Gasteiger partial charge in [0.2, 0.25) is 0 Å². The number of para-hydroxylation sites is 1. The lowest BCUT2D eigenvalue weighted by molar-refractivity contribution is 0.172. The van der Waals surface area contributed by atoms with Crippen LogP contribution in [0.15, 0.2) is 36.7 Å². The summed E-state index contributed by atoms with van der Waals surface area (Å²) >= 11 is 0. The van der Waals surface area contributed by atoms with Crippen LogP contribution in [-0.4, -0.2) is 34.0 Å². The lowest BCUT2D eigenvalue weighted by atomic mass is 10.2. The van der Waals surface area contributed by atoms with Gasteiger partial charge in [-0.25, -0.2) is 4.68 Å². The molecule has 1 heterocycles. The summed E-state index contributed by atoms with van der Waals surface area (Å²) < 4.78 is 7.58. The van der Waals surface area contributed by atoms with E-state index in [1.54, 1.807) is 11.0 Å². The maximum Gasteiger partial charge on any atom is 0.336 e. The fourth-order valence-electron chi connectivity index (χ4n) is 1.99. The number of aromatic nitrogens is 3. The van der Waals surface area contributed by atoms with E-state index in [9.17, 15) is 0 Å². The minimum Gasteiger partial charge on any atom is -0.458 e. The van der Waals surface area contributed by atoms with Crippen LogP contribution in [0.5, 0.6) is 6.01 Å². The van der Waals surface area contributed by atoms with E-state index in [-0.39, 0.29) is 6.10 Å². The molecule has 0 saturated heterocycles. The molecule has 5 nitrogen and oxygen atoms in total. The number of nitrogens with zero attached hydrogens (tertiary/aromatic N) is 3. The van der Waals surface area contributed by atoms with Gasteiger partial charge in [0.25, 0.3) is 0 Å². The van der Waals surface area contributed by atoms with Crippen molar-refractivity contribution < 1.29 is 4.74 Å². The minimum absolute atomic E-state index is 0.117. The quantitative estimate of drug-likeness (QED) is 0.803. The number of hydrogen-bond acceptors (Lipinski definition) is 4. The van der Waals surface area contributed by atoms with Gasteiger partial charge in [0.1, 0.15) is 12.4 Å². The van der Waals surface area contributed by atoms with Crippen LogP contribution >= 0.6 is 0 Å². The van der Waals surface area contributed by atoms with Crippen molar-refractivity contribution in [2.45, 2.75) is 32.8 Å². The molecule has 2 aromatic rings. The Morgan fingerprint density at radius 3 is 2.75 bits per heavy atom. The summed E-state index contributed by atoms with van der Waals surface area (Å²) in [5.74, 6) is 0. The Balaban J connectivity index is 2.00. The molecule has 1 atom stereocenters. The summed E-state index contributed by atoms with van der Waals surface area (Å²) in [5, 5.41) is 7.67. The molecule has 108 valence electrons. The van der Waals surface area contributed by atoms with Gasteiger partial charge in [-0.15, -0.1) is 5.10 Å². The zero-order valence-corrected chi connectivity index (χ0v) is 12.1. The number of likely N-dealkylation sites (N-methyl/N-ethyl adjacent to an activating group) is 1. The van der Waals surface area contributed by atoms with Crippen molar-refractivity contribution in [1.82, 2.24) is 20.1 Å². The van der Waals surface area contributed by atoms with Crippen molar-refractivity contribution >= 4 is 0 Å². The van der Waals surface area contributed by atoms with E-state index in [0.717, 1.165) is 31.6 Å². The van der Waals surface area contributed by atoms with Crippen molar-refractivity contribution in [2.24, 2.45) is 0 Å². The second-order valence-corrected chi connectivity index (χ2v) is 4.64. The predicted octanol–water partition coefficient (Wildman–Crippen LogP) is 2.42. The summed E-state index contributed by atoms with van der Waals surface area (Å²) in [6.45, 7) is 6.00. The molecule has 0 aliphatic heterocycles. The standard InChI is InChI=1S/C15H22N4O/c1-3-8-14(11-16-4-2)20-15-17-12-19(18-15)13-9-6-5-7-10-13/h5-7,9-10,12,14,16H,3-4,8,11H2,1-2H3. The van der Waals surface area contributed by atoms with Crippen LogP contribution in [-0.2, 0) is 0 Å². The highest BCUT2D eigenvalue weighted by atomic mass is 16.5. The first-order valence-corrected chi connectivity index (χ1v) is 7.18. The second-order valence-electron chi connectivity index (χ2n) is 4.64. The molecular formula is C15H22N4O. The third-order valence-corrected chi connectivity index (χ3v) is 3.00. The fourth-order valence-corrected chi connectivity index (χ4v) is 1.99. The van der Waals surface area contributed by atoms with E-state index in [4.69, 9.17) is 4.74 Å². The summed E-state index contributed by atoms with van der Waals surface area (Å²) in [6, 6.07) is 10.3. The topological polar surface area (TPSA) is 52.0 Å². The average molecular weight is 274 g/mol. The van der Waals surface area contributed by atoms with Gasteiger partial charge in [-0.1, -0.05) is 38.5 Å². The average Bonchev–Trinajstić information content (AvgIpc) is 2.94. The van der Waals surface area contributed by atoms with Crippen LogP contribution in [0, 0.1) is 0 Å². The minimum atomic E-state index is 0.117. The zero-order valence-electron chi connectivity index (χ0n) is 12.1. The van der Waals surface area contributed by atoms with E-state index in [1.807, 2.05) is 30.3 Å². The summed E-state index contributed by atoms with van der Waals surface area (Å²) in [5.41, 5.74) is 0.980. The second kappa shape index (κ2) is 7.65. The van der Waals surface area contributed by atoms with E-state index >= 15 is 0 Å². The highest BCUT2D eigenvalue weighted by Gasteiger charge is 2.12. The van der Waals surface area contributed by atoms with Crippen LogP contribution in [0.3, 0.4) is 0 Å². The monoisotopic (exact) mass is 274 g/mol. The third-order valence-electron chi connectivity index (χ3n) is 3.00. The predicted molar refractivity (Wildman–Crippen MR) is 79.2 cm³/mol. The number of nitrogens with one attached hydrogen (secondary N) is 1. The molecule has 20 heavy (non-hydrogen) atoms. The van der Waals surface area contributed by atoms with Crippen LogP contribution in [0.2, 0.25) is 0 Å². The molecular weight excluding hydrogens is 252 g/mol. The molecule has 1 aromatic heterocycles. The van der Waals surface area contributed by atoms with Crippen LogP contribution in [0.4, 0.5) is 0 Å². The number of hydrogen-bond donors (Lipinski definition) is 1. The first kappa shape index (κ1) is 14.5. The van der Waals surface area contributed by atoms with Gasteiger partial charge in [-0.05, 0) is 25.1 Å². The van der Waals surface area contributed by atoms with Crippen molar-refractivity contribution in [3.05, 3.63) is 36.7 Å². The SMILES string of the molecule is CCCC(CNCC)Oc1ncn(-c2ccccc2)n1. The first-order valence-electron chi connectivity index (χ1n) is 7.18. The summed E-state index contributed by atoms with van der Waals surface area (Å²) in [4.78, 5) is 4.22. The molecule has 0 aliphatic carbocycles. The smallest absolute Gasteiger partial charge is 0.336 e. The molecule has 0 amide bonds. The lowest BCUT2D eigenvalue weighted by Gasteiger charge is -2.16. The van der Waals surface area contributed by atoms with E-state index in [1.165, 1.54) is 0 Å². The van der Waals surface area contributed by atoms with Crippen molar-refractivity contribution in [3.8, 4) is 11.7 Å². The molecule has 0 saturated carbocycles. The Morgan fingerprint density at radius 1 is 1.25 bits per heavy atom. The number of rotatable bonds is 8. The van der Waals surface area contributed by atoms with Crippen molar-refractivity contribution in [3.63, 3.8) is 0 Å². The molecule has 1 aromatic carbocycles. The lowest BCUT2D eigenvalue weighted by Crippen LogP contribution is -2.31. The number of ether oxygens (including phenoxy) is 1. The highest BCUT2D eigenvalue weighted by Crippen LogP contribution is 2.11. The van der Waals surface area contributed by atoms with E-state index < -0.39 is 0 Å². The molecule has 0 fully saturated rings. The van der Waals surface area contributed by atoms with Gasteiger partial charge >= 0.3 is 6.01 Å². The van der Waals surface area contributed by atoms with Crippen LogP contribution in [0.25, 0.3) is 5.69 Å². The van der Waals surface area contributed by atoms with Gasteiger partial charge in [0.05, 0.1) is 5.69 Å². The van der Waals surface area contributed by atoms with Crippen molar-refractivity contribution in [1.29, 1.82) is 0 Å². The Labute approximate surface area is 120 Å². The third kappa shape index (κ3) is 4.06. The Morgan fingerprint density at radius 2 is 2.05 bits per heavy atom. The zero-order chi connectivity index (χ0) is 14.2. The van der Waals surface area contributed by atoms with Crippen molar-refractivity contribution in [2.75, 3.05) is 13.1 Å². The Kier molecular flexibility index (Phi) is 5.55. The largest absolute Gasteiger partial charge is 0.458 e. The maximum absolute atomic E-state index is 5.85. The fraction of sp³-hybridized carbons (Fsp3) is 0.467. The molecule has 0 bridgehead atoms. The molecule has 1 unspecified atom stereocenters. The van der Waals surface area contributed by atoms with Gasteiger partial charge in [0.15, 0.2) is 0 Å². The van der Waals surface area contributed by atoms with E-state index in [0.29, 0.717) is 6.01 Å². The Bertz CT molecular complexity index is 498. The highest BCUT2D eigenvalue weighted by molar-refractivity contribution is 5.29. The molecule has 0 radical (unpaired) electrons. The number of benzene rings is 1. The molecule has 0 spiro atoms. The van der Waals surface area contributed by atoms with Crippen LogP contribution in [0.1, 0.15) is 26.7 Å². The van der Waals surface area contributed by atoms with E-state index in [2.05, 4.69) is 29.2 Å². The Hall–Kier alpha value is -1.88. The molecule has 1 N–H and O–H groups in total. The first-order chi connectivity index (χ1) is 9.83. The molecule has 0 aliphatic rings. The normalized spacial score (nSPS) is 12.3. The summed E-state index contributed by atoms with van der Waals surface area (Å²) in [6.07, 6.45) is 3.87. The maximum atomic E-state index is 5.85. The van der Waals surface area contributed by atoms with Gasteiger partial charge < -0.3 is 10.1 Å². The van der Waals surface area contributed by atoms with Crippen LogP contribution < -0.4 is 10.1 Å². The molecule has 2 rings (SSSR count). The molecule has 5 heteroatoms. The van der Waals surface area contributed by atoms with Gasteiger partial charge in [0, 0.05) is 6.54 Å². The summed E-state index contributed by atoms with van der Waals surface area (Å²) in [7, 11) is 0. The van der Waals surface area contributed by atoms with Gasteiger partial charge in [-0.2, -0.15) is 4.98 Å².